The van der Waals surface area contributed by atoms with Crippen molar-refractivity contribution >= 4 is 18.0 Å². The minimum Gasteiger partial charge on any atom is -0.457 e. The van der Waals surface area contributed by atoms with Gasteiger partial charge in [0, 0.05) is 19.7 Å². The highest BCUT2D eigenvalue weighted by atomic mass is 16.5. The average molecular weight is 364 g/mol. The Hall–Kier alpha value is -3.59. The van der Waals surface area contributed by atoms with Crippen LogP contribution in [-0.2, 0) is 14.3 Å². The number of likely N-dealkylation sites (N-methyl/N-ethyl adjacent to an activating group) is 1. The maximum Gasteiger partial charge on any atom is 0.331 e. The number of amides is 1. The van der Waals surface area contributed by atoms with Gasteiger partial charge in [0.2, 0.25) is 0 Å². The fourth-order valence-electron chi connectivity index (χ4n) is 2.10. The Kier molecular flexibility index (Phi) is 7.61. The Bertz CT molecular complexity index is 841. The third-order valence-electron chi connectivity index (χ3n) is 3.57. The molecule has 0 aliphatic heterocycles. The molecular formula is C21H20N2O4. The number of hydrogen-bond acceptors (Lipinski definition) is 5. The highest BCUT2D eigenvalue weighted by Crippen LogP contribution is 2.22. The van der Waals surface area contributed by atoms with Crippen molar-refractivity contribution in [1.82, 2.24) is 4.90 Å². The van der Waals surface area contributed by atoms with Crippen LogP contribution in [0.2, 0.25) is 0 Å². The van der Waals surface area contributed by atoms with Crippen molar-refractivity contribution in [2.24, 2.45) is 0 Å². The molecule has 0 atom stereocenters. The zero-order valence-corrected chi connectivity index (χ0v) is 15.0. The Morgan fingerprint density at radius 1 is 1.11 bits per heavy atom. The first-order valence-corrected chi connectivity index (χ1v) is 8.37. The SMILES string of the molecule is CN(CCC#N)C(=O)COC(=O)/C=C/c1cccc(Oc2ccccc2)c1. The van der Waals surface area contributed by atoms with Crippen molar-refractivity contribution in [1.29, 1.82) is 5.26 Å². The van der Waals surface area contributed by atoms with Crippen molar-refractivity contribution in [2.75, 3.05) is 20.2 Å². The highest BCUT2D eigenvalue weighted by Gasteiger charge is 2.10. The third kappa shape index (κ3) is 7.04. The van der Waals surface area contributed by atoms with Gasteiger partial charge in [0.1, 0.15) is 11.5 Å². The molecule has 27 heavy (non-hydrogen) atoms. The van der Waals surface area contributed by atoms with Gasteiger partial charge in [0.05, 0.1) is 12.5 Å². The third-order valence-corrected chi connectivity index (χ3v) is 3.57. The van der Waals surface area contributed by atoms with Gasteiger partial charge in [0.25, 0.3) is 5.91 Å². The summed E-state index contributed by atoms with van der Waals surface area (Å²) in [5.41, 5.74) is 0.762. The Labute approximate surface area is 158 Å². The largest absolute Gasteiger partial charge is 0.457 e. The Morgan fingerprint density at radius 2 is 1.85 bits per heavy atom. The van der Waals surface area contributed by atoms with Gasteiger partial charge in [-0.3, -0.25) is 4.79 Å². The van der Waals surface area contributed by atoms with Crippen LogP contribution in [0.25, 0.3) is 6.08 Å². The molecule has 2 aromatic rings. The first-order chi connectivity index (χ1) is 13.1. The summed E-state index contributed by atoms with van der Waals surface area (Å²) >= 11 is 0. The van der Waals surface area contributed by atoms with Crippen LogP contribution in [0.5, 0.6) is 11.5 Å². The molecule has 0 bridgehead atoms. The van der Waals surface area contributed by atoms with Crippen molar-refractivity contribution < 1.29 is 19.1 Å². The molecular weight excluding hydrogens is 344 g/mol. The maximum atomic E-state index is 11.8. The van der Waals surface area contributed by atoms with E-state index in [4.69, 9.17) is 14.7 Å². The molecule has 0 heterocycles. The topological polar surface area (TPSA) is 79.6 Å². The molecule has 0 unspecified atom stereocenters. The number of benzene rings is 2. The van der Waals surface area contributed by atoms with Crippen LogP contribution < -0.4 is 4.74 Å². The molecule has 0 fully saturated rings. The molecule has 6 heteroatoms. The summed E-state index contributed by atoms with van der Waals surface area (Å²) in [6, 6.07) is 18.6. The summed E-state index contributed by atoms with van der Waals surface area (Å²) in [6.07, 6.45) is 3.08. The van der Waals surface area contributed by atoms with Gasteiger partial charge < -0.3 is 14.4 Å². The standard InChI is InChI=1S/C21H20N2O4/c1-23(14-6-13-22)20(24)16-26-21(25)12-11-17-7-5-10-19(15-17)27-18-8-3-2-4-9-18/h2-5,7-12,15H,6,14,16H2,1H3/b12-11+. The van der Waals surface area contributed by atoms with E-state index in [2.05, 4.69) is 0 Å². The van der Waals surface area contributed by atoms with E-state index in [0.29, 0.717) is 12.3 Å². The summed E-state index contributed by atoms with van der Waals surface area (Å²) in [7, 11) is 1.56. The van der Waals surface area contributed by atoms with E-state index < -0.39 is 5.97 Å². The van der Waals surface area contributed by atoms with Crippen LogP contribution in [0, 0.1) is 11.3 Å². The van der Waals surface area contributed by atoms with Crippen LogP contribution in [-0.4, -0.2) is 37.0 Å². The normalized spacial score (nSPS) is 10.2. The minimum atomic E-state index is -0.619. The smallest absolute Gasteiger partial charge is 0.331 e. The predicted molar refractivity (Wildman–Crippen MR) is 101 cm³/mol. The molecule has 2 rings (SSSR count). The lowest BCUT2D eigenvalue weighted by atomic mass is 10.2. The Balaban J connectivity index is 1.86. The number of para-hydroxylation sites is 1. The van der Waals surface area contributed by atoms with E-state index in [1.807, 2.05) is 54.6 Å². The molecule has 6 nitrogen and oxygen atoms in total. The van der Waals surface area contributed by atoms with Crippen LogP contribution in [0.4, 0.5) is 0 Å². The summed E-state index contributed by atoms with van der Waals surface area (Å²) in [5, 5.41) is 8.50. The van der Waals surface area contributed by atoms with Crippen LogP contribution in [0.15, 0.2) is 60.7 Å². The van der Waals surface area contributed by atoms with Gasteiger partial charge in [-0.05, 0) is 35.9 Å². The molecule has 0 saturated carbocycles. The van der Waals surface area contributed by atoms with Crippen LogP contribution in [0.1, 0.15) is 12.0 Å². The minimum absolute atomic E-state index is 0.234. The fraction of sp³-hybridized carbons (Fsp3) is 0.190. The van der Waals surface area contributed by atoms with Crippen molar-refractivity contribution in [3.8, 4) is 17.6 Å². The second kappa shape index (κ2) is 10.4. The van der Waals surface area contributed by atoms with E-state index in [1.54, 1.807) is 19.2 Å². The molecule has 0 saturated heterocycles. The lowest BCUT2D eigenvalue weighted by Gasteiger charge is -2.14. The lowest BCUT2D eigenvalue weighted by Crippen LogP contribution is -2.31. The number of nitriles is 1. The van der Waals surface area contributed by atoms with Crippen molar-refractivity contribution in [2.45, 2.75) is 6.42 Å². The van der Waals surface area contributed by atoms with Gasteiger partial charge in [-0.25, -0.2) is 4.79 Å². The molecule has 0 aromatic heterocycles. The Morgan fingerprint density at radius 3 is 2.59 bits per heavy atom. The van der Waals surface area contributed by atoms with E-state index in [9.17, 15) is 9.59 Å². The summed E-state index contributed by atoms with van der Waals surface area (Å²) < 4.78 is 10.7. The molecule has 0 aliphatic rings. The molecule has 0 N–H and O–H groups in total. The molecule has 138 valence electrons. The average Bonchev–Trinajstić information content (AvgIpc) is 2.69. The molecule has 0 aliphatic carbocycles. The zero-order chi connectivity index (χ0) is 19.5. The van der Waals surface area contributed by atoms with Crippen LogP contribution >= 0.6 is 0 Å². The zero-order valence-electron chi connectivity index (χ0n) is 15.0. The summed E-state index contributed by atoms with van der Waals surface area (Å²) in [4.78, 5) is 24.9. The van der Waals surface area contributed by atoms with Gasteiger partial charge in [-0.1, -0.05) is 30.3 Å². The van der Waals surface area contributed by atoms with Crippen molar-refractivity contribution in [3.05, 3.63) is 66.2 Å². The van der Waals surface area contributed by atoms with Gasteiger partial charge in [-0.2, -0.15) is 5.26 Å². The van der Waals surface area contributed by atoms with E-state index in [1.165, 1.54) is 11.0 Å². The quantitative estimate of drug-likeness (QED) is 0.530. The van der Waals surface area contributed by atoms with Crippen molar-refractivity contribution in [3.63, 3.8) is 0 Å². The molecule has 2 aromatic carbocycles. The number of rotatable bonds is 8. The van der Waals surface area contributed by atoms with E-state index in [0.717, 1.165) is 11.3 Å². The number of ether oxygens (including phenoxy) is 2. The summed E-state index contributed by atoms with van der Waals surface area (Å²) in [6.45, 7) is -0.0564. The second-order valence-corrected chi connectivity index (χ2v) is 5.65. The number of carbonyl (C=O) groups excluding carboxylic acids is 2. The second-order valence-electron chi connectivity index (χ2n) is 5.65. The molecule has 1 amide bonds. The van der Waals surface area contributed by atoms with E-state index in [-0.39, 0.29) is 18.9 Å². The maximum absolute atomic E-state index is 11.8. The summed E-state index contributed by atoms with van der Waals surface area (Å²) in [5.74, 6) is 0.389. The van der Waals surface area contributed by atoms with Gasteiger partial charge in [0.15, 0.2) is 6.61 Å². The highest BCUT2D eigenvalue weighted by molar-refractivity contribution is 5.89. The van der Waals surface area contributed by atoms with Gasteiger partial charge in [-0.15, -0.1) is 0 Å². The number of nitrogens with zero attached hydrogens (tertiary/aromatic N) is 2. The monoisotopic (exact) mass is 364 g/mol. The fourth-order valence-corrected chi connectivity index (χ4v) is 2.10. The van der Waals surface area contributed by atoms with Gasteiger partial charge >= 0.3 is 5.97 Å². The first-order valence-electron chi connectivity index (χ1n) is 8.37. The number of hydrogen-bond donors (Lipinski definition) is 0. The molecule has 0 radical (unpaired) electrons. The first kappa shape index (κ1) is 19.7. The number of carbonyl (C=O) groups is 2. The predicted octanol–water partition coefficient (Wildman–Crippen LogP) is 3.41. The van der Waals surface area contributed by atoms with Crippen LogP contribution in [0.3, 0.4) is 0 Å². The van der Waals surface area contributed by atoms with E-state index >= 15 is 0 Å². The number of esters is 1. The lowest BCUT2D eigenvalue weighted by molar-refractivity contribution is -0.147. The molecule has 0 spiro atoms.